The molecule has 1 aromatic carbocycles. The number of benzene rings is 1. The van der Waals surface area contributed by atoms with Gasteiger partial charge in [0, 0.05) is 37.2 Å². The van der Waals surface area contributed by atoms with Crippen molar-refractivity contribution in [3.05, 3.63) is 28.2 Å². The van der Waals surface area contributed by atoms with E-state index in [1.807, 2.05) is 30.1 Å². The number of nitrogens with one attached hydrogen (secondary N) is 1. The average molecular weight is 315 g/mol. The molecule has 1 amide bonds. The molecule has 0 aliphatic heterocycles. The summed E-state index contributed by atoms with van der Waals surface area (Å²) in [6.07, 6.45) is -0.0347. The number of halogens is 1. The zero-order valence-electron chi connectivity index (χ0n) is 10.9. The quantitative estimate of drug-likeness (QED) is 0.875. The van der Waals surface area contributed by atoms with E-state index in [1.165, 1.54) is 0 Å². The summed E-state index contributed by atoms with van der Waals surface area (Å²) in [5.41, 5.74) is 1.87. The van der Waals surface area contributed by atoms with Crippen LogP contribution in [0, 0.1) is 0 Å². The third kappa shape index (κ3) is 3.99. The molecule has 0 aliphatic carbocycles. The molecule has 5 heteroatoms. The summed E-state index contributed by atoms with van der Waals surface area (Å²) < 4.78 is 0.877. The van der Waals surface area contributed by atoms with Crippen molar-refractivity contribution >= 4 is 27.5 Å². The Balaban J connectivity index is 2.72. The largest absolute Gasteiger partial charge is 0.389 e. The smallest absolute Gasteiger partial charge is 0.221 e. The lowest BCUT2D eigenvalue weighted by Crippen LogP contribution is -2.26. The molecule has 2 N–H and O–H groups in total. The van der Waals surface area contributed by atoms with Gasteiger partial charge >= 0.3 is 0 Å². The SMILES string of the molecule is CNC(=O)CCN(C)c1ccc([C@@H](C)O)c(Br)c1. The molecule has 0 fully saturated rings. The fraction of sp³-hybridized carbons (Fsp3) is 0.462. The fourth-order valence-corrected chi connectivity index (χ4v) is 2.31. The molecule has 1 aromatic rings. The molecular formula is C13H19BrN2O2. The Kier molecular flexibility index (Phi) is 5.62. The molecule has 1 rings (SSSR count). The summed E-state index contributed by atoms with van der Waals surface area (Å²) in [7, 11) is 3.57. The highest BCUT2D eigenvalue weighted by Gasteiger charge is 2.09. The van der Waals surface area contributed by atoms with Crippen molar-refractivity contribution in [2.75, 3.05) is 25.5 Å². The van der Waals surface area contributed by atoms with E-state index in [0.717, 1.165) is 15.7 Å². The highest BCUT2D eigenvalue weighted by atomic mass is 79.9. The molecule has 0 bridgehead atoms. The van der Waals surface area contributed by atoms with Crippen LogP contribution in [0.1, 0.15) is 25.0 Å². The first-order valence-electron chi connectivity index (χ1n) is 5.85. The standard InChI is InChI=1S/C13H19BrN2O2/c1-9(17)11-5-4-10(8-12(11)14)16(3)7-6-13(18)15-2/h4-5,8-9,17H,6-7H2,1-3H3,(H,15,18)/t9-/m1/s1. The van der Waals surface area contributed by atoms with Crippen LogP contribution in [0.4, 0.5) is 5.69 Å². The summed E-state index contributed by atoms with van der Waals surface area (Å²) >= 11 is 3.44. The molecule has 0 saturated heterocycles. The second-order valence-electron chi connectivity index (χ2n) is 4.23. The van der Waals surface area contributed by atoms with Crippen LogP contribution in [0.3, 0.4) is 0 Å². The highest BCUT2D eigenvalue weighted by Crippen LogP contribution is 2.27. The summed E-state index contributed by atoms with van der Waals surface area (Å²) in [6, 6.07) is 5.78. The first kappa shape index (κ1) is 15.0. The Hall–Kier alpha value is -1.07. The zero-order valence-corrected chi connectivity index (χ0v) is 12.5. The fourth-order valence-electron chi connectivity index (χ4n) is 1.62. The first-order chi connectivity index (χ1) is 8.45. The maximum Gasteiger partial charge on any atom is 0.221 e. The van der Waals surface area contributed by atoms with Gasteiger partial charge in [0.15, 0.2) is 0 Å². The van der Waals surface area contributed by atoms with Crippen LogP contribution in [-0.4, -0.2) is 31.7 Å². The van der Waals surface area contributed by atoms with Crippen molar-refractivity contribution in [1.82, 2.24) is 5.32 Å². The predicted octanol–water partition coefficient (Wildman–Crippen LogP) is 2.07. The number of aliphatic hydroxyl groups is 1. The van der Waals surface area contributed by atoms with Crippen LogP contribution < -0.4 is 10.2 Å². The molecule has 0 saturated carbocycles. The molecular weight excluding hydrogens is 296 g/mol. The molecule has 0 aliphatic rings. The molecule has 18 heavy (non-hydrogen) atoms. The minimum atomic E-state index is -0.496. The van der Waals surface area contributed by atoms with Gasteiger partial charge in [-0.3, -0.25) is 4.79 Å². The van der Waals surface area contributed by atoms with E-state index in [-0.39, 0.29) is 5.91 Å². The summed E-state index contributed by atoms with van der Waals surface area (Å²) in [6.45, 7) is 2.38. The lowest BCUT2D eigenvalue weighted by Gasteiger charge is -2.20. The van der Waals surface area contributed by atoms with Gasteiger partial charge in [0.05, 0.1) is 6.10 Å². The molecule has 0 unspecified atom stereocenters. The monoisotopic (exact) mass is 314 g/mol. The third-order valence-corrected chi connectivity index (χ3v) is 3.51. The van der Waals surface area contributed by atoms with Gasteiger partial charge < -0.3 is 15.3 Å². The molecule has 0 radical (unpaired) electrons. The summed E-state index contributed by atoms with van der Waals surface area (Å²) in [5.74, 6) is 0.0292. The van der Waals surface area contributed by atoms with E-state index in [1.54, 1.807) is 14.0 Å². The van der Waals surface area contributed by atoms with E-state index in [2.05, 4.69) is 21.2 Å². The number of nitrogens with zero attached hydrogens (tertiary/aromatic N) is 1. The molecule has 0 spiro atoms. The van der Waals surface area contributed by atoms with Gasteiger partial charge in [-0.05, 0) is 24.6 Å². The lowest BCUT2D eigenvalue weighted by molar-refractivity contribution is -0.120. The van der Waals surface area contributed by atoms with E-state index in [9.17, 15) is 9.90 Å². The lowest BCUT2D eigenvalue weighted by atomic mass is 10.1. The zero-order chi connectivity index (χ0) is 13.7. The molecule has 4 nitrogen and oxygen atoms in total. The summed E-state index contributed by atoms with van der Waals surface area (Å²) in [5, 5.41) is 12.1. The molecule has 100 valence electrons. The van der Waals surface area contributed by atoms with Crippen LogP contribution in [0.15, 0.2) is 22.7 Å². The van der Waals surface area contributed by atoms with Gasteiger partial charge in [0.2, 0.25) is 5.91 Å². The van der Waals surface area contributed by atoms with Gasteiger partial charge in [-0.25, -0.2) is 0 Å². The number of carbonyl (C=O) groups excluding carboxylic acids is 1. The number of anilines is 1. The van der Waals surface area contributed by atoms with Crippen LogP contribution in [0.25, 0.3) is 0 Å². The highest BCUT2D eigenvalue weighted by molar-refractivity contribution is 9.10. The molecule has 0 aromatic heterocycles. The Labute approximate surface area is 116 Å². The van der Waals surface area contributed by atoms with Gasteiger partial charge in [0.1, 0.15) is 0 Å². The van der Waals surface area contributed by atoms with Gasteiger partial charge in [0.25, 0.3) is 0 Å². The third-order valence-electron chi connectivity index (χ3n) is 2.83. The predicted molar refractivity (Wildman–Crippen MR) is 76.7 cm³/mol. The van der Waals surface area contributed by atoms with E-state index < -0.39 is 6.10 Å². The molecule has 0 heterocycles. The van der Waals surface area contributed by atoms with E-state index >= 15 is 0 Å². The first-order valence-corrected chi connectivity index (χ1v) is 6.64. The minimum Gasteiger partial charge on any atom is -0.389 e. The second kappa shape index (κ2) is 6.75. The normalized spacial score (nSPS) is 12.1. The van der Waals surface area contributed by atoms with Crippen LogP contribution in [0.2, 0.25) is 0 Å². The summed E-state index contributed by atoms with van der Waals surface area (Å²) in [4.78, 5) is 13.2. The Morgan fingerprint density at radius 3 is 2.72 bits per heavy atom. The number of hydrogen-bond acceptors (Lipinski definition) is 3. The minimum absolute atomic E-state index is 0.0292. The van der Waals surface area contributed by atoms with Crippen molar-refractivity contribution in [3.8, 4) is 0 Å². The maximum atomic E-state index is 11.2. The second-order valence-corrected chi connectivity index (χ2v) is 5.08. The van der Waals surface area contributed by atoms with Crippen molar-refractivity contribution in [2.45, 2.75) is 19.4 Å². The number of amides is 1. The van der Waals surface area contributed by atoms with Crippen molar-refractivity contribution < 1.29 is 9.90 Å². The van der Waals surface area contributed by atoms with E-state index in [4.69, 9.17) is 0 Å². The van der Waals surface area contributed by atoms with Crippen LogP contribution >= 0.6 is 15.9 Å². The van der Waals surface area contributed by atoms with Crippen molar-refractivity contribution in [3.63, 3.8) is 0 Å². The number of carbonyl (C=O) groups is 1. The molecule has 1 atom stereocenters. The van der Waals surface area contributed by atoms with Gasteiger partial charge in [-0.2, -0.15) is 0 Å². The number of aliphatic hydroxyl groups excluding tert-OH is 1. The average Bonchev–Trinajstić information content (AvgIpc) is 2.34. The van der Waals surface area contributed by atoms with Gasteiger partial charge in [-0.15, -0.1) is 0 Å². The topological polar surface area (TPSA) is 52.6 Å². The van der Waals surface area contributed by atoms with Crippen molar-refractivity contribution in [2.24, 2.45) is 0 Å². The van der Waals surface area contributed by atoms with Gasteiger partial charge in [-0.1, -0.05) is 22.0 Å². The van der Waals surface area contributed by atoms with Crippen molar-refractivity contribution in [1.29, 1.82) is 0 Å². The van der Waals surface area contributed by atoms with Crippen LogP contribution in [0.5, 0.6) is 0 Å². The van der Waals surface area contributed by atoms with Crippen LogP contribution in [-0.2, 0) is 4.79 Å². The number of hydrogen-bond donors (Lipinski definition) is 2. The maximum absolute atomic E-state index is 11.2. The number of rotatable bonds is 5. The Bertz CT molecular complexity index is 421. The Morgan fingerprint density at radius 1 is 1.56 bits per heavy atom. The van der Waals surface area contributed by atoms with E-state index in [0.29, 0.717) is 13.0 Å². The Morgan fingerprint density at radius 2 is 2.22 bits per heavy atom.